The lowest BCUT2D eigenvalue weighted by Crippen LogP contribution is -2.28. The van der Waals surface area contributed by atoms with Gasteiger partial charge in [0.25, 0.3) is 0 Å². The van der Waals surface area contributed by atoms with E-state index in [0.717, 1.165) is 16.7 Å². The summed E-state index contributed by atoms with van der Waals surface area (Å²) in [6.07, 6.45) is 0. The maximum Gasteiger partial charge on any atom is 0.231 e. The third kappa shape index (κ3) is 5.03. The minimum absolute atomic E-state index is 0.116. The first-order chi connectivity index (χ1) is 15.0. The van der Waals surface area contributed by atoms with Gasteiger partial charge in [0.05, 0.1) is 16.8 Å². The van der Waals surface area contributed by atoms with Crippen molar-refractivity contribution < 1.29 is 13.9 Å². The van der Waals surface area contributed by atoms with Gasteiger partial charge in [-0.1, -0.05) is 53.7 Å². The normalized spacial score (nSPS) is 12.1. The molecule has 4 rings (SSSR count). The van der Waals surface area contributed by atoms with Crippen LogP contribution >= 0.6 is 23.4 Å². The molecule has 0 radical (unpaired) electrons. The molecule has 0 unspecified atom stereocenters. The van der Waals surface area contributed by atoms with E-state index in [1.54, 1.807) is 16.7 Å². The number of carbonyl (C=O) groups is 1. The van der Waals surface area contributed by atoms with Crippen molar-refractivity contribution in [2.24, 2.45) is 7.05 Å². The van der Waals surface area contributed by atoms with E-state index in [-0.39, 0.29) is 24.3 Å². The number of aromatic nitrogens is 3. The first kappa shape index (κ1) is 21.3. The standard InChI is InChI=1S/C22H21ClN4O3S/c1-14(19-11-15-7-3-5-9-17(15)30-19)24-21(28)13-31-22-26-25-20(27(22)2)12-29-18-10-6-4-8-16(18)23/h3-11,14H,12-13H2,1-2H3,(H,24,28)/t14-/m1/s1. The maximum atomic E-state index is 12.4. The fourth-order valence-electron chi connectivity index (χ4n) is 3.00. The number of para-hydroxylation sites is 2. The monoisotopic (exact) mass is 456 g/mol. The molecule has 1 amide bonds. The van der Waals surface area contributed by atoms with E-state index in [0.29, 0.717) is 21.8 Å². The van der Waals surface area contributed by atoms with Crippen LogP contribution in [0.25, 0.3) is 11.0 Å². The van der Waals surface area contributed by atoms with Crippen molar-refractivity contribution in [2.45, 2.75) is 24.7 Å². The van der Waals surface area contributed by atoms with Crippen LogP contribution in [0.3, 0.4) is 0 Å². The zero-order valence-corrected chi connectivity index (χ0v) is 18.6. The molecule has 2 aromatic carbocycles. The van der Waals surface area contributed by atoms with Crippen molar-refractivity contribution in [3.05, 3.63) is 71.2 Å². The van der Waals surface area contributed by atoms with Gasteiger partial charge in [-0.2, -0.15) is 0 Å². The van der Waals surface area contributed by atoms with Gasteiger partial charge >= 0.3 is 0 Å². The van der Waals surface area contributed by atoms with Gasteiger partial charge in [-0.25, -0.2) is 0 Å². The number of rotatable bonds is 8. The molecule has 9 heteroatoms. The van der Waals surface area contributed by atoms with Crippen LogP contribution in [0, 0.1) is 0 Å². The van der Waals surface area contributed by atoms with Crippen LogP contribution in [0.4, 0.5) is 0 Å². The van der Waals surface area contributed by atoms with Crippen molar-refractivity contribution in [1.82, 2.24) is 20.1 Å². The lowest BCUT2D eigenvalue weighted by molar-refractivity contribution is -0.119. The molecule has 0 bridgehead atoms. The molecule has 7 nitrogen and oxygen atoms in total. The van der Waals surface area contributed by atoms with Crippen molar-refractivity contribution in [2.75, 3.05) is 5.75 Å². The van der Waals surface area contributed by atoms with Crippen LogP contribution in [-0.2, 0) is 18.4 Å². The average molecular weight is 457 g/mol. The number of halogens is 1. The summed E-state index contributed by atoms with van der Waals surface area (Å²) in [6.45, 7) is 2.12. The molecule has 2 aromatic heterocycles. The zero-order chi connectivity index (χ0) is 21.8. The summed E-state index contributed by atoms with van der Waals surface area (Å²) < 4.78 is 13.3. The van der Waals surface area contributed by atoms with E-state index in [1.165, 1.54) is 11.8 Å². The molecule has 0 spiro atoms. The number of amides is 1. The van der Waals surface area contributed by atoms with Gasteiger partial charge in [-0.15, -0.1) is 10.2 Å². The Bertz CT molecular complexity index is 1170. The molecular weight excluding hydrogens is 436 g/mol. The summed E-state index contributed by atoms with van der Waals surface area (Å²) >= 11 is 7.41. The smallest absolute Gasteiger partial charge is 0.231 e. The molecule has 0 saturated carbocycles. The zero-order valence-electron chi connectivity index (χ0n) is 17.0. The van der Waals surface area contributed by atoms with Crippen molar-refractivity contribution in [1.29, 1.82) is 0 Å². The quantitative estimate of drug-likeness (QED) is 0.385. The Kier molecular flexibility index (Phi) is 6.48. The van der Waals surface area contributed by atoms with Gasteiger partial charge < -0.3 is 19.0 Å². The van der Waals surface area contributed by atoms with E-state index in [4.69, 9.17) is 20.8 Å². The highest BCUT2D eigenvalue weighted by Crippen LogP contribution is 2.25. The third-order valence-corrected chi connectivity index (χ3v) is 6.03. The number of thioether (sulfide) groups is 1. The number of nitrogens with one attached hydrogen (secondary N) is 1. The van der Waals surface area contributed by atoms with E-state index >= 15 is 0 Å². The maximum absolute atomic E-state index is 12.4. The number of hydrogen-bond donors (Lipinski definition) is 1. The third-order valence-electron chi connectivity index (χ3n) is 4.70. The molecule has 1 N–H and O–H groups in total. The van der Waals surface area contributed by atoms with Gasteiger partial charge in [-0.3, -0.25) is 4.79 Å². The second-order valence-electron chi connectivity index (χ2n) is 6.94. The minimum atomic E-state index is -0.237. The van der Waals surface area contributed by atoms with E-state index in [2.05, 4.69) is 15.5 Å². The summed E-state index contributed by atoms with van der Waals surface area (Å²) in [7, 11) is 1.84. The van der Waals surface area contributed by atoms with Crippen LogP contribution in [0.1, 0.15) is 24.6 Å². The van der Waals surface area contributed by atoms with Crippen LogP contribution < -0.4 is 10.1 Å². The Morgan fingerprint density at radius 3 is 2.81 bits per heavy atom. The summed E-state index contributed by atoms with van der Waals surface area (Å²) in [5.74, 6) is 2.04. The summed E-state index contributed by atoms with van der Waals surface area (Å²) in [6, 6.07) is 16.7. The van der Waals surface area contributed by atoms with E-state index in [1.807, 2.05) is 56.4 Å². The van der Waals surface area contributed by atoms with E-state index < -0.39 is 0 Å². The highest BCUT2D eigenvalue weighted by atomic mass is 35.5. The first-order valence-corrected chi connectivity index (χ1v) is 11.0. The van der Waals surface area contributed by atoms with Gasteiger partial charge in [0.2, 0.25) is 5.91 Å². The summed E-state index contributed by atoms with van der Waals surface area (Å²) in [4.78, 5) is 12.4. The topological polar surface area (TPSA) is 82.2 Å². The number of benzene rings is 2. The van der Waals surface area contributed by atoms with Gasteiger partial charge in [0.1, 0.15) is 23.7 Å². The van der Waals surface area contributed by atoms with Crippen molar-refractivity contribution in [3.63, 3.8) is 0 Å². The predicted octanol–water partition coefficient (Wildman–Crippen LogP) is 4.76. The lowest BCUT2D eigenvalue weighted by Gasteiger charge is -2.11. The summed E-state index contributed by atoms with van der Waals surface area (Å²) in [5.41, 5.74) is 0.804. The Morgan fingerprint density at radius 1 is 1.23 bits per heavy atom. The van der Waals surface area contributed by atoms with Crippen molar-refractivity contribution in [3.8, 4) is 5.75 Å². The van der Waals surface area contributed by atoms with Crippen molar-refractivity contribution >= 4 is 40.2 Å². The summed E-state index contributed by atoms with van der Waals surface area (Å²) in [5, 5.41) is 13.4. The minimum Gasteiger partial charge on any atom is -0.484 e. The Hall–Kier alpha value is -2.97. The number of fused-ring (bicyclic) bond motifs is 1. The van der Waals surface area contributed by atoms with Gasteiger partial charge in [-0.05, 0) is 31.2 Å². The number of ether oxygens (including phenoxy) is 1. The second kappa shape index (κ2) is 9.45. The highest BCUT2D eigenvalue weighted by Gasteiger charge is 2.16. The molecular formula is C22H21ClN4O3S. The second-order valence-corrected chi connectivity index (χ2v) is 8.29. The SMILES string of the molecule is C[C@@H](NC(=O)CSc1nnc(COc2ccccc2Cl)n1C)c1cc2ccccc2o1. The number of hydrogen-bond acceptors (Lipinski definition) is 6. The largest absolute Gasteiger partial charge is 0.484 e. The Labute approximate surface area is 188 Å². The van der Waals surface area contributed by atoms with Gasteiger partial charge in [0, 0.05) is 12.4 Å². The highest BCUT2D eigenvalue weighted by molar-refractivity contribution is 7.99. The molecule has 2 heterocycles. The van der Waals surface area contributed by atoms with Crippen LogP contribution in [-0.4, -0.2) is 26.4 Å². The van der Waals surface area contributed by atoms with Crippen LogP contribution in [0.15, 0.2) is 64.2 Å². The van der Waals surface area contributed by atoms with Crippen LogP contribution in [0.2, 0.25) is 5.02 Å². The number of furan rings is 1. The number of carbonyl (C=O) groups excluding carboxylic acids is 1. The molecule has 0 saturated heterocycles. The molecule has 0 aliphatic heterocycles. The fraction of sp³-hybridized carbons (Fsp3) is 0.227. The Balaban J connectivity index is 1.30. The molecule has 160 valence electrons. The molecule has 1 atom stereocenters. The first-order valence-electron chi connectivity index (χ1n) is 9.67. The predicted molar refractivity (Wildman–Crippen MR) is 120 cm³/mol. The molecule has 0 aliphatic carbocycles. The molecule has 0 fully saturated rings. The number of nitrogens with zero attached hydrogens (tertiary/aromatic N) is 3. The van der Waals surface area contributed by atoms with Gasteiger partial charge in [0.15, 0.2) is 11.0 Å². The average Bonchev–Trinajstić information content (AvgIpc) is 3.35. The van der Waals surface area contributed by atoms with Crippen LogP contribution in [0.5, 0.6) is 5.75 Å². The lowest BCUT2D eigenvalue weighted by atomic mass is 10.2. The molecule has 4 aromatic rings. The molecule has 0 aliphatic rings. The van der Waals surface area contributed by atoms with E-state index in [9.17, 15) is 4.79 Å². The molecule has 31 heavy (non-hydrogen) atoms. The Morgan fingerprint density at radius 2 is 2.00 bits per heavy atom. The fourth-order valence-corrected chi connectivity index (χ4v) is 3.93.